The predicted octanol–water partition coefficient (Wildman–Crippen LogP) is 3.32. The Kier molecular flexibility index (Phi) is 5.54. The Morgan fingerprint density at radius 1 is 1.53 bits per heavy atom. The van der Waals surface area contributed by atoms with Gasteiger partial charge in [0.25, 0.3) is 0 Å². The number of esters is 1. The Hall–Kier alpha value is -0.890. The van der Waals surface area contributed by atoms with Crippen molar-refractivity contribution in [3.8, 4) is 0 Å². The summed E-state index contributed by atoms with van der Waals surface area (Å²) in [6.07, 6.45) is -4.42. The average molecular weight is 358 g/mol. The summed E-state index contributed by atoms with van der Waals surface area (Å²) in [5.41, 5.74) is 4.80. The number of alkyl halides is 4. The molecule has 0 aromatic heterocycles. The van der Waals surface area contributed by atoms with E-state index in [2.05, 4.69) is 20.7 Å². The highest BCUT2D eigenvalue weighted by Crippen LogP contribution is 2.34. The molecule has 0 saturated heterocycles. The van der Waals surface area contributed by atoms with Gasteiger partial charge in [-0.2, -0.15) is 13.2 Å². The van der Waals surface area contributed by atoms with Crippen LogP contribution in [0.2, 0.25) is 0 Å². The van der Waals surface area contributed by atoms with Crippen LogP contribution >= 0.6 is 27.7 Å². The molecule has 1 atom stereocenters. The van der Waals surface area contributed by atoms with E-state index in [9.17, 15) is 18.0 Å². The Labute approximate surface area is 120 Å². The molecule has 19 heavy (non-hydrogen) atoms. The third kappa shape index (κ3) is 4.61. The monoisotopic (exact) mass is 357 g/mol. The topological polar surface area (TPSA) is 52.3 Å². The van der Waals surface area contributed by atoms with E-state index in [-0.39, 0.29) is 5.69 Å². The predicted molar refractivity (Wildman–Crippen MR) is 71.3 cm³/mol. The van der Waals surface area contributed by atoms with Gasteiger partial charge in [0.2, 0.25) is 0 Å². The van der Waals surface area contributed by atoms with E-state index in [1.54, 1.807) is 0 Å². The van der Waals surface area contributed by atoms with Crippen molar-refractivity contribution < 1.29 is 22.7 Å². The number of thioether (sulfide) groups is 1. The smallest absolute Gasteiger partial charge is 0.416 e. The zero-order valence-corrected chi connectivity index (χ0v) is 12.2. The molecule has 0 fully saturated rings. The summed E-state index contributed by atoms with van der Waals surface area (Å²) in [6, 6.07) is 3.13. The molecular formula is C11H11BrF3NO2S. The molecule has 0 saturated carbocycles. The lowest BCUT2D eigenvalue weighted by molar-refractivity contribution is -0.139. The number of nitrogen functional groups attached to an aromatic ring is 1. The molecule has 0 bridgehead atoms. The molecule has 0 heterocycles. The SMILES string of the molecule is COC(=O)C(Br)CSc1ccc(C(F)(F)F)cc1N. The number of hydrogen-bond acceptors (Lipinski definition) is 4. The van der Waals surface area contributed by atoms with Gasteiger partial charge in [-0.1, -0.05) is 15.9 Å². The van der Waals surface area contributed by atoms with Gasteiger partial charge in [-0.05, 0) is 18.2 Å². The zero-order valence-electron chi connectivity index (χ0n) is 9.83. The van der Waals surface area contributed by atoms with Crippen molar-refractivity contribution >= 4 is 39.3 Å². The standard InChI is InChI=1S/C11H11BrF3NO2S/c1-18-10(17)7(12)5-19-9-3-2-6(4-8(9)16)11(13,14)15/h2-4,7H,5,16H2,1H3. The number of hydrogen-bond donors (Lipinski definition) is 1. The fourth-order valence-corrected chi connectivity index (χ4v) is 2.65. The first kappa shape index (κ1) is 16.2. The van der Waals surface area contributed by atoms with Crippen LogP contribution in [0.5, 0.6) is 0 Å². The van der Waals surface area contributed by atoms with Gasteiger partial charge < -0.3 is 10.5 Å². The normalized spacial score (nSPS) is 13.1. The number of ether oxygens (including phenoxy) is 1. The second kappa shape index (κ2) is 6.51. The van der Waals surface area contributed by atoms with Gasteiger partial charge >= 0.3 is 12.1 Å². The summed E-state index contributed by atoms with van der Waals surface area (Å²) in [7, 11) is 1.26. The summed E-state index contributed by atoms with van der Waals surface area (Å²) in [6.45, 7) is 0. The zero-order chi connectivity index (χ0) is 14.6. The summed E-state index contributed by atoms with van der Waals surface area (Å²) < 4.78 is 41.8. The molecule has 3 nitrogen and oxygen atoms in total. The maximum absolute atomic E-state index is 12.4. The molecule has 0 aliphatic carbocycles. The number of rotatable bonds is 4. The minimum absolute atomic E-state index is 0.0318. The van der Waals surface area contributed by atoms with E-state index in [0.29, 0.717) is 10.6 Å². The summed E-state index contributed by atoms with van der Waals surface area (Å²) in [5.74, 6) is -0.139. The Balaban J connectivity index is 2.73. The number of carbonyl (C=O) groups is 1. The highest BCUT2D eigenvalue weighted by atomic mass is 79.9. The Morgan fingerprint density at radius 3 is 2.63 bits per heavy atom. The van der Waals surface area contributed by atoms with Crippen LogP contribution < -0.4 is 5.73 Å². The lowest BCUT2D eigenvalue weighted by Gasteiger charge is -2.11. The molecule has 8 heteroatoms. The van der Waals surface area contributed by atoms with Crippen LogP contribution in [0, 0.1) is 0 Å². The molecular weight excluding hydrogens is 347 g/mol. The van der Waals surface area contributed by atoms with Gasteiger partial charge in [0.1, 0.15) is 4.83 Å². The molecule has 1 aromatic carbocycles. The molecule has 1 unspecified atom stereocenters. The van der Waals surface area contributed by atoms with Crippen LogP contribution in [-0.4, -0.2) is 23.7 Å². The number of methoxy groups -OCH3 is 1. The van der Waals surface area contributed by atoms with E-state index in [1.807, 2.05) is 0 Å². The number of benzene rings is 1. The highest BCUT2D eigenvalue weighted by Gasteiger charge is 2.30. The van der Waals surface area contributed by atoms with Crippen molar-refractivity contribution in [1.82, 2.24) is 0 Å². The lowest BCUT2D eigenvalue weighted by Crippen LogP contribution is -2.17. The van der Waals surface area contributed by atoms with Gasteiger partial charge in [0.05, 0.1) is 12.7 Å². The number of halogens is 4. The van der Waals surface area contributed by atoms with Crippen LogP contribution in [0.4, 0.5) is 18.9 Å². The first-order chi connectivity index (χ1) is 8.75. The number of anilines is 1. The quantitative estimate of drug-likeness (QED) is 0.388. The number of nitrogens with two attached hydrogens (primary N) is 1. The summed E-state index contributed by atoms with van der Waals surface area (Å²) in [4.78, 5) is 11.1. The average Bonchev–Trinajstić information content (AvgIpc) is 2.34. The summed E-state index contributed by atoms with van der Waals surface area (Å²) in [5, 5.41) is 0. The van der Waals surface area contributed by atoms with Gasteiger partial charge in [0, 0.05) is 16.3 Å². The molecule has 2 N–H and O–H groups in total. The maximum atomic E-state index is 12.4. The van der Waals surface area contributed by atoms with E-state index in [4.69, 9.17) is 5.73 Å². The number of carbonyl (C=O) groups excluding carboxylic acids is 1. The van der Waals surface area contributed by atoms with Crippen molar-refractivity contribution in [2.24, 2.45) is 0 Å². The largest absolute Gasteiger partial charge is 0.468 e. The van der Waals surface area contributed by atoms with Crippen LogP contribution in [0.1, 0.15) is 5.56 Å². The van der Waals surface area contributed by atoms with E-state index in [1.165, 1.54) is 24.9 Å². The lowest BCUT2D eigenvalue weighted by atomic mass is 10.2. The molecule has 1 aromatic rings. The second-order valence-electron chi connectivity index (χ2n) is 3.55. The van der Waals surface area contributed by atoms with E-state index >= 15 is 0 Å². The minimum Gasteiger partial charge on any atom is -0.468 e. The summed E-state index contributed by atoms with van der Waals surface area (Å²) >= 11 is 4.29. The van der Waals surface area contributed by atoms with Crippen molar-refractivity contribution in [3.63, 3.8) is 0 Å². The van der Waals surface area contributed by atoms with Crippen LogP contribution in [0.15, 0.2) is 23.1 Å². The van der Waals surface area contributed by atoms with Crippen LogP contribution in [0.3, 0.4) is 0 Å². The maximum Gasteiger partial charge on any atom is 0.416 e. The van der Waals surface area contributed by atoms with Crippen LogP contribution in [0.25, 0.3) is 0 Å². The van der Waals surface area contributed by atoms with Gasteiger partial charge in [0.15, 0.2) is 0 Å². The first-order valence-electron chi connectivity index (χ1n) is 5.07. The van der Waals surface area contributed by atoms with Crippen molar-refractivity contribution in [2.75, 3.05) is 18.6 Å². The van der Waals surface area contributed by atoms with E-state index in [0.717, 1.165) is 12.1 Å². The molecule has 1 rings (SSSR count). The van der Waals surface area contributed by atoms with Crippen LogP contribution in [-0.2, 0) is 15.7 Å². The van der Waals surface area contributed by atoms with Gasteiger partial charge in [-0.15, -0.1) is 11.8 Å². The Bertz CT molecular complexity index is 468. The second-order valence-corrected chi connectivity index (χ2v) is 5.72. The fraction of sp³-hybridized carbons (Fsp3) is 0.364. The minimum atomic E-state index is -4.42. The van der Waals surface area contributed by atoms with Crippen molar-refractivity contribution in [2.45, 2.75) is 15.9 Å². The highest BCUT2D eigenvalue weighted by molar-refractivity contribution is 9.10. The van der Waals surface area contributed by atoms with Crippen molar-refractivity contribution in [3.05, 3.63) is 23.8 Å². The molecule has 106 valence electrons. The fourth-order valence-electron chi connectivity index (χ4n) is 1.22. The molecule has 0 radical (unpaired) electrons. The molecule has 0 amide bonds. The third-order valence-electron chi connectivity index (χ3n) is 2.18. The Morgan fingerprint density at radius 2 is 2.16 bits per heavy atom. The molecule has 0 aliphatic rings. The van der Waals surface area contributed by atoms with Gasteiger partial charge in [-0.25, -0.2) is 0 Å². The first-order valence-corrected chi connectivity index (χ1v) is 6.97. The molecule has 0 spiro atoms. The van der Waals surface area contributed by atoms with Gasteiger partial charge in [-0.3, -0.25) is 4.79 Å². The van der Waals surface area contributed by atoms with E-state index < -0.39 is 22.5 Å². The third-order valence-corrected chi connectivity index (χ3v) is 4.49. The van der Waals surface area contributed by atoms with Crippen molar-refractivity contribution in [1.29, 1.82) is 0 Å². The molecule has 0 aliphatic heterocycles.